The highest BCUT2D eigenvalue weighted by molar-refractivity contribution is 6.01. The Bertz CT molecular complexity index is 651. The third kappa shape index (κ3) is 2.51. The zero-order chi connectivity index (χ0) is 13.9. The summed E-state index contributed by atoms with van der Waals surface area (Å²) in [6.45, 7) is 0.474. The average Bonchev–Trinajstić information content (AvgIpc) is 3.05. The number of aromatic nitrogens is 3. The van der Waals surface area contributed by atoms with Crippen molar-refractivity contribution < 1.29 is 9.59 Å². The van der Waals surface area contributed by atoms with Gasteiger partial charge in [0.05, 0.1) is 6.42 Å². The van der Waals surface area contributed by atoms with Crippen LogP contribution < -0.4 is 10.6 Å². The molecule has 2 heterocycles. The highest BCUT2D eigenvalue weighted by atomic mass is 16.2. The standard InChI is InChI=1S/C13H13N5O2/c19-12-6-9-5-8(1-2-10(9)17-12)13(20)14-4-3-11-15-7-16-18-11/h1-2,5,7H,3-4,6H2,(H,14,20)(H,17,19)(H,15,16,18). The lowest BCUT2D eigenvalue weighted by molar-refractivity contribution is -0.115. The van der Waals surface area contributed by atoms with Crippen LogP contribution >= 0.6 is 0 Å². The highest BCUT2D eigenvalue weighted by Gasteiger charge is 2.18. The molecule has 1 aliphatic heterocycles. The molecule has 1 aliphatic rings. The fraction of sp³-hybridized carbons (Fsp3) is 0.231. The van der Waals surface area contributed by atoms with E-state index in [-0.39, 0.29) is 11.8 Å². The molecule has 0 radical (unpaired) electrons. The van der Waals surface area contributed by atoms with Crippen molar-refractivity contribution in [1.82, 2.24) is 20.5 Å². The van der Waals surface area contributed by atoms with Crippen LogP contribution in [0.15, 0.2) is 24.5 Å². The minimum Gasteiger partial charge on any atom is -0.352 e. The number of amides is 2. The van der Waals surface area contributed by atoms with Gasteiger partial charge in [-0.3, -0.25) is 14.7 Å². The Morgan fingerprint density at radius 1 is 1.40 bits per heavy atom. The van der Waals surface area contributed by atoms with Crippen LogP contribution in [0, 0.1) is 0 Å². The molecular formula is C13H13N5O2. The lowest BCUT2D eigenvalue weighted by atomic mass is 10.1. The lowest BCUT2D eigenvalue weighted by Crippen LogP contribution is -2.26. The number of hydrogen-bond donors (Lipinski definition) is 3. The Morgan fingerprint density at radius 3 is 3.10 bits per heavy atom. The van der Waals surface area contributed by atoms with E-state index in [1.165, 1.54) is 6.33 Å². The van der Waals surface area contributed by atoms with Gasteiger partial charge in [-0.05, 0) is 23.8 Å². The molecule has 3 rings (SSSR count). The molecule has 0 spiro atoms. The number of nitrogens with one attached hydrogen (secondary N) is 3. The van der Waals surface area contributed by atoms with Gasteiger partial charge in [0.25, 0.3) is 5.91 Å². The molecule has 3 N–H and O–H groups in total. The quantitative estimate of drug-likeness (QED) is 0.743. The SMILES string of the molecule is O=C1Cc2cc(C(=O)NCCc3ncn[nH]3)ccc2N1. The van der Waals surface area contributed by atoms with E-state index >= 15 is 0 Å². The number of aromatic amines is 1. The smallest absolute Gasteiger partial charge is 0.251 e. The predicted octanol–water partition coefficient (Wildman–Crippen LogP) is 0.272. The van der Waals surface area contributed by atoms with Crippen molar-refractivity contribution in [3.8, 4) is 0 Å². The summed E-state index contributed by atoms with van der Waals surface area (Å²) in [7, 11) is 0. The predicted molar refractivity (Wildman–Crippen MR) is 71.2 cm³/mol. The Kier molecular flexibility index (Phi) is 3.16. The van der Waals surface area contributed by atoms with Gasteiger partial charge in [0.2, 0.25) is 5.91 Å². The van der Waals surface area contributed by atoms with Gasteiger partial charge in [-0.1, -0.05) is 0 Å². The molecule has 20 heavy (non-hydrogen) atoms. The van der Waals surface area contributed by atoms with Crippen LogP contribution in [0.3, 0.4) is 0 Å². The number of benzene rings is 1. The second-order valence-corrected chi connectivity index (χ2v) is 4.53. The molecular weight excluding hydrogens is 258 g/mol. The average molecular weight is 271 g/mol. The van der Waals surface area contributed by atoms with Crippen molar-refractivity contribution in [1.29, 1.82) is 0 Å². The normalized spacial score (nSPS) is 12.9. The first kappa shape index (κ1) is 12.3. The maximum absolute atomic E-state index is 12.0. The number of carbonyl (C=O) groups excluding carboxylic acids is 2. The minimum absolute atomic E-state index is 0.0390. The lowest BCUT2D eigenvalue weighted by Gasteiger charge is -2.05. The molecule has 0 atom stereocenters. The number of H-pyrrole nitrogens is 1. The fourth-order valence-electron chi connectivity index (χ4n) is 2.12. The second kappa shape index (κ2) is 5.12. The maximum atomic E-state index is 12.0. The molecule has 0 saturated carbocycles. The Morgan fingerprint density at radius 2 is 2.30 bits per heavy atom. The van der Waals surface area contributed by atoms with Crippen LogP contribution in [0.5, 0.6) is 0 Å². The van der Waals surface area contributed by atoms with Gasteiger partial charge < -0.3 is 10.6 Å². The molecule has 7 heteroatoms. The first-order chi connectivity index (χ1) is 9.72. The van der Waals surface area contributed by atoms with Gasteiger partial charge in [0, 0.05) is 24.2 Å². The third-order valence-corrected chi connectivity index (χ3v) is 3.10. The zero-order valence-electron chi connectivity index (χ0n) is 10.6. The van der Waals surface area contributed by atoms with Crippen LogP contribution in [0.1, 0.15) is 21.7 Å². The summed E-state index contributed by atoms with van der Waals surface area (Å²) in [6.07, 6.45) is 2.35. The first-order valence-electron chi connectivity index (χ1n) is 6.27. The summed E-state index contributed by atoms with van der Waals surface area (Å²) in [5.41, 5.74) is 2.20. The Hall–Kier alpha value is -2.70. The topological polar surface area (TPSA) is 99.8 Å². The number of fused-ring (bicyclic) bond motifs is 1. The van der Waals surface area contributed by atoms with Crippen molar-refractivity contribution in [3.63, 3.8) is 0 Å². The molecule has 102 valence electrons. The first-order valence-corrected chi connectivity index (χ1v) is 6.27. The second-order valence-electron chi connectivity index (χ2n) is 4.53. The molecule has 0 unspecified atom stereocenters. The Balaban J connectivity index is 1.60. The fourth-order valence-corrected chi connectivity index (χ4v) is 2.12. The van der Waals surface area contributed by atoms with Crippen LogP contribution in [-0.2, 0) is 17.6 Å². The van der Waals surface area contributed by atoms with E-state index in [2.05, 4.69) is 25.8 Å². The monoisotopic (exact) mass is 271 g/mol. The summed E-state index contributed by atoms with van der Waals surface area (Å²) >= 11 is 0. The van der Waals surface area contributed by atoms with Crippen LogP contribution in [-0.4, -0.2) is 33.5 Å². The summed E-state index contributed by atoms with van der Waals surface area (Å²) < 4.78 is 0. The van der Waals surface area contributed by atoms with E-state index in [1.807, 2.05) is 0 Å². The van der Waals surface area contributed by atoms with E-state index in [4.69, 9.17) is 0 Å². The van der Waals surface area contributed by atoms with Crippen molar-refractivity contribution >= 4 is 17.5 Å². The number of anilines is 1. The van der Waals surface area contributed by atoms with E-state index in [1.54, 1.807) is 18.2 Å². The van der Waals surface area contributed by atoms with E-state index in [9.17, 15) is 9.59 Å². The molecule has 0 saturated heterocycles. The zero-order valence-corrected chi connectivity index (χ0v) is 10.6. The summed E-state index contributed by atoms with van der Waals surface area (Å²) in [4.78, 5) is 27.2. The minimum atomic E-state index is -0.160. The van der Waals surface area contributed by atoms with Crippen molar-refractivity contribution in [3.05, 3.63) is 41.5 Å². The largest absolute Gasteiger partial charge is 0.352 e. The number of rotatable bonds is 4. The van der Waals surface area contributed by atoms with Gasteiger partial charge >= 0.3 is 0 Å². The van der Waals surface area contributed by atoms with Gasteiger partial charge in [0.1, 0.15) is 12.2 Å². The van der Waals surface area contributed by atoms with Gasteiger partial charge in [-0.25, -0.2) is 4.98 Å². The Labute approximate surface area is 114 Å². The van der Waals surface area contributed by atoms with Crippen molar-refractivity contribution in [2.75, 3.05) is 11.9 Å². The molecule has 2 aromatic rings. The molecule has 2 amide bonds. The van der Waals surface area contributed by atoms with E-state index in [0.29, 0.717) is 24.9 Å². The van der Waals surface area contributed by atoms with E-state index < -0.39 is 0 Å². The molecule has 1 aromatic carbocycles. The molecule has 0 bridgehead atoms. The number of hydrogen-bond acceptors (Lipinski definition) is 4. The van der Waals surface area contributed by atoms with Crippen molar-refractivity contribution in [2.24, 2.45) is 0 Å². The van der Waals surface area contributed by atoms with Crippen LogP contribution in [0.2, 0.25) is 0 Å². The van der Waals surface area contributed by atoms with Gasteiger partial charge in [0.15, 0.2) is 0 Å². The van der Waals surface area contributed by atoms with Crippen LogP contribution in [0.4, 0.5) is 5.69 Å². The molecule has 0 fully saturated rings. The molecule has 7 nitrogen and oxygen atoms in total. The number of nitrogens with zero attached hydrogens (tertiary/aromatic N) is 2. The van der Waals surface area contributed by atoms with E-state index in [0.717, 1.165) is 17.1 Å². The summed E-state index contributed by atoms with van der Waals surface area (Å²) in [5, 5.41) is 12.0. The molecule has 1 aromatic heterocycles. The van der Waals surface area contributed by atoms with Crippen LogP contribution in [0.25, 0.3) is 0 Å². The third-order valence-electron chi connectivity index (χ3n) is 3.10. The maximum Gasteiger partial charge on any atom is 0.251 e. The highest BCUT2D eigenvalue weighted by Crippen LogP contribution is 2.23. The summed E-state index contributed by atoms with van der Waals surface area (Å²) in [5.74, 6) is 0.531. The van der Waals surface area contributed by atoms with Gasteiger partial charge in [-0.15, -0.1) is 0 Å². The van der Waals surface area contributed by atoms with Gasteiger partial charge in [-0.2, -0.15) is 5.10 Å². The number of carbonyl (C=O) groups is 2. The molecule has 0 aliphatic carbocycles. The van der Waals surface area contributed by atoms with Crippen molar-refractivity contribution in [2.45, 2.75) is 12.8 Å². The summed E-state index contributed by atoms with van der Waals surface area (Å²) in [6, 6.07) is 5.21.